The third-order valence-corrected chi connectivity index (χ3v) is 6.58. The molecule has 2 aromatic carbocycles. The summed E-state index contributed by atoms with van der Waals surface area (Å²) in [5.41, 5.74) is 12.5. The second-order valence-corrected chi connectivity index (χ2v) is 9.29. The van der Waals surface area contributed by atoms with E-state index in [9.17, 15) is 4.79 Å². The fraction of sp³-hybridized carbons (Fsp3) is 0.308. The van der Waals surface area contributed by atoms with Crippen LogP contribution in [0.15, 0.2) is 64.3 Å². The number of nitrogens with two attached hydrogens (primary N) is 1. The number of nitrogens with zero attached hydrogens (tertiary/aromatic N) is 7. The molecular weight excluding hydrogens is 470 g/mol. The van der Waals surface area contributed by atoms with Crippen molar-refractivity contribution in [2.75, 3.05) is 18.8 Å². The van der Waals surface area contributed by atoms with E-state index < -0.39 is 5.91 Å². The molecule has 4 aromatic rings. The minimum absolute atomic E-state index is 0.0667. The largest absolute Gasteiger partial charge is 0.378 e. The van der Waals surface area contributed by atoms with Crippen LogP contribution >= 0.6 is 0 Å². The number of amides is 1. The summed E-state index contributed by atoms with van der Waals surface area (Å²) < 4.78 is 6.17. The highest BCUT2D eigenvalue weighted by Crippen LogP contribution is 2.24. The van der Waals surface area contributed by atoms with Crippen LogP contribution in [0, 0.1) is 12.8 Å². The maximum Gasteiger partial charge on any atom is 0.293 e. The highest BCUT2D eigenvalue weighted by atomic mass is 16.6. The van der Waals surface area contributed by atoms with Crippen LogP contribution in [0.5, 0.6) is 0 Å². The molecule has 0 radical (unpaired) electrons. The molecule has 190 valence electrons. The normalized spacial score (nSPS) is 14.8. The Labute approximate surface area is 214 Å². The summed E-state index contributed by atoms with van der Waals surface area (Å²) in [6.07, 6.45) is 4.78. The van der Waals surface area contributed by atoms with E-state index >= 15 is 0 Å². The Hall–Kier alpha value is -4.38. The lowest BCUT2D eigenvalue weighted by Gasteiger charge is -2.32. The number of piperidine rings is 1. The summed E-state index contributed by atoms with van der Waals surface area (Å²) >= 11 is 0. The SMILES string of the molecule is Cc1ccc(/C=N/NC(=O)c2nnn(-c3nonc3N)c2CN2CCC(Cc3ccccc3)CC2)cc1. The van der Waals surface area contributed by atoms with Gasteiger partial charge in [0.1, 0.15) is 0 Å². The molecule has 11 heteroatoms. The second kappa shape index (κ2) is 11.1. The molecular formula is C26H29N9O2. The third-order valence-electron chi connectivity index (χ3n) is 6.58. The molecule has 1 aliphatic rings. The number of nitrogens with one attached hydrogen (secondary N) is 1. The number of aryl methyl sites for hydroxylation is 1. The molecule has 37 heavy (non-hydrogen) atoms. The molecule has 0 saturated carbocycles. The van der Waals surface area contributed by atoms with Crippen LogP contribution < -0.4 is 11.2 Å². The topological polar surface area (TPSA) is 140 Å². The first-order valence-corrected chi connectivity index (χ1v) is 12.3. The Morgan fingerprint density at radius 2 is 1.89 bits per heavy atom. The molecule has 0 atom stereocenters. The van der Waals surface area contributed by atoms with Crippen molar-refractivity contribution in [3.8, 4) is 5.82 Å². The van der Waals surface area contributed by atoms with Crippen molar-refractivity contribution in [2.24, 2.45) is 11.0 Å². The van der Waals surface area contributed by atoms with E-state index in [1.165, 1.54) is 10.2 Å². The molecule has 11 nitrogen and oxygen atoms in total. The highest BCUT2D eigenvalue weighted by Gasteiger charge is 2.27. The zero-order chi connectivity index (χ0) is 25.6. The van der Waals surface area contributed by atoms with Crippen LogP contribution in [0.4, 0.5) is 5.82 Å². The van der Waals surface area contributed by atoms with E-state index in [2.05, 4.69) is 60.3 Å². The molecule has 0 aliphatic carbocycles. The van der Waals surface area contributed by atoms with E-state index in [0.717, 1.165) is 43.5 Å². The molecule has 1 aliphatic heterocycles. The smallest absolute Gasteiger partial charge is 0.293 e. The zero-order valence-electron chi connectivity index (χ0n) is 20.6. The van der Waals surface area contributed by atoms with Crippen LogP contribution in [0.2, 0.25) is 0 Å². The predicted molar refractivity (Wildman–Crippen MR) is 138 cm³/mol. The van der Waals surface area contributed by atoms with Gasteiger partial charge in [-0.3, -0.25) is 9.69 Å². The van der Waals surface area contributed by atoms with Gasteiger partial charge in [0.05, 0.1) is 11.9 Å². The number of hydrazone groups is 1. The van der Waals surface area contributed by atoms with Gasteiger partial charge in [0, 0.05) is 6.54 Å². The van der Waals surface area contributed by atoms with Gasteiger partial charge < -0.3 is 5.73 Å². The summed E-state index contributed by atoms with van der Waals surface area (Å²) in [7, 11) is 0. The lowest BCUT2D eigenvalue weighted by atomic mass is 9.90. The molecule has 0 bridgehead atoms. The van der Waals surface area contributed by atoms with Gasteiger partial charge in [0.25, 0.3) is 5.91 Å². The van der Waals surface area contributed by atoms with Crippen molar-refractivity contribution in [1.29, 1.82) is 0 Å². The predicted octanol–water partition coefficient (Wildman–Crippen LogP) is 2.76. The summed E-state index contributed by atoms with van der Waals surface area (Å²) in [6, 6.07) is 18.4. The zero-order valence-corrected chi connectivity index (χ0v) is 20.6. The van der Waals surface area contributed by atoms with Gasteiger partial charge in [-0.1, -0.05) is 65.4 Å². The van der Waals surface area contributed by atoms with E-state index in [1.54, 1.807) is 6.21 Å². The summed E-state index contributed by atoms with van der Waals surface area (Å²) in [4.78, 5) is 15.3. The number of carbonyl (C=O) groups is 1. The Balaban J connectivity index is 1.29. The van der Waals surface area contributed by atoms with Crippen molar-refractivity contribution < 1.29 is 9.42 Å². The Morgan fingerprint density at radius 3 is 2.59 bits per heavy atom. The van der Waals surface area contributed by atoms with Gasteiger partial charge in [-0.15, -0.1) is 5.10 Å². The van der Waals surface area contributed by atoms with Crippen LogP contribution in [0.25, 0.3) is 5.82 Å². The quantitative estimate of drug-likeness (QED) is 0.279. The Kier molecular flexibility index (Phi) is 7.31. The lowest BCUT2D eigenvalue weighted by molar-refractivity contribution is 0.0946. The highest BCUT2D eigenvalue weighted by molar-refractivity contribution is 5.94. The molecule has 3 N–H and O–H groups in total. The molecule has 0 spiro atoms. The third kappa shape index (κ3) is 5.89. The first-order valence-electron chi connectivity index (χ1n) is 12.3. The minimum Gasteiger partial charge on any atom is -0.378 e. The molecule has 1 amide bonds. The fourth-order valence-electron chi connectivity index (χ4n) is 4.51. The molecule has 0 unspecified atom stereocenters. The molecule has 3 heterocycles. The van der Waals surface area contributed by atoms with E-state index in [0.29, 0.717) is 18.2 Å². The molecule has 5 rings (SSSR count). The Bertz CT molecular complexity index is 1350. The maximum atomic E-state index is 13.0. The lowest BCUT2D eigenvalue weighted by Crippen LogP contribution is -2.35. The molecule has 2 aromatic heterocycles. The van der Waals surface area contributed by atoms with Crippen LogP contribution in [-0.4, -0.2) is 55.4 Å². The number of hydrogen-bond acceptors (Lipinski definition) is 9. The van der Waals surface area contributed by atoms with E-state index in [-0.39, 0.29) is 17.3 Å². The van der Waals surface area contributed by atoms with Crippen molar-refractivity contribution in [1.82, 2.24) is 35.6 Å². The van der Waals surface area contributed by atoms with Crippen LogP contribution in [0.1, 0.15) is 45.7 Å². The molecule has 1 saturated heterocycles. The molecule has 1 fully saturated rings. The van der Waals surface area contributed by atoms with Gasteiger partial charge in [-0.05, 0) is 66.6 Å². The van der Waals surface area contributed by atoms with Crippen LogP contribution in [0.3, 0.4) is 0 Å². The number of likely N-dealkylation sites (tertiary alicyclic amines) is 1. The summed E-state index contributed by atoms with van der Waals surface area (Å²) in [6.45, 7) is 4.24. The van der Waals surface area contributed by atoms with Crippen molar-refractivity contribution in [3.05, 3.63) is 82.7 Å². The average molecular weight is 500 g/mol. The number of aromatic nitrogens is 5. The number of carbonyl (C=O) groups excluding carboxylic acids is 1. The van der Waals surface area contributed by atoms with Gasteiger partial charge in [-0.2, -0.15) is 9.78 Å². The standard InChI is InChI=1S/C26H29N9O2/c1-18-7-9-21(10-8-18)16-28-30-26(36)23-22(35(33-29-23)25-24(27)31-37-32-25)17-34-13-11-20(12-14-34)15-19-5-3-2-4-6-19/h2-10,16,20H,11-15,17H2,1H3,(H2,27,31)(H,30,36)/b28-16+. The maximum absolute atomic E-state index is 13.0. The minimum atomic E-state index is -0.474. The first-order chi connectivity index (χ1) is 18.1. The average Bonchev–Trinajstić information content (AvgIpc) is 3.52. The van der Waals surface area contributed by atoms with E-state index in [1.807, 2.05) is 37.3 Å². The van der Waals surface area contributed by atoms with E-state index in [4.69, 9.17) is 10.4 Å². The van der Waals surface area contributed by atoms with Gasteiger partial charge in [0.15, 0.2) is 5.69 Å². The number of benzene rings is 2. The number of nitrogen functional groups attached to an aromatic ring is 1. The summed E-state index contributed by atoms with van der Waals surface area (Å²) in [5.74, 6) is 0.412. The second-order valence-electron chi connectivity index (χ2n) is 9.29. The number of rotatable bonds is 8. The number of anilines is 1. The monoisotopic (exact) mass is 499 g/mol. The van der Waals surface area contributed by atoms with Gasteiger partial charge in [-0.25, -0.2) is 10.1 Å². The van der Waals surface area contributed by atoms with Gasteiger partial charge in [0.2, 0.25) is 11.6 Å². The van der Waals surface area contributed by atoms with Crippen molar-refractivity contribution in [3.63, 3.8) is 0 Å². The first kappa shape index (κ1) is 24.3. The Morgan fingerprint density at radius 1 is 1.14 bits per heavy atom. The fourth-order valence-corrected chi connectivity index (χ4v) is 4.51. The van der Waals surface area contributed by atoms with Gasteiger partial charge >= 0.3 is 0 Å². The van der Waals surface area contributed by atoms with Crippen LogP contribution in [-0.2, 0) is 13.0 Å². The number of hydrogen-bond donors (Lipinski definition) is 2. The van der Waals surface area contributed by atoms with Crippen molar-refractivity contribution in [2.45, 2.75) is 32.7 Å². The van der Waals surface area contributed by atoms with Crippen molar-refractivity contribution >= 4 is 17.9 Å². The summed E-state index contributed by atoms with van der Waals surface area (Å²) in [5, 5.41) is 19.8.